The molecule has 0 unspecified atom stereocenters. The summed E-state index contributed by atoms with van der Waals surface area (Å²) in [7, 11) is 0. The number of halogens is 2. The summed E-state index contributed by atoms with van der Waals surface area (Å²) >= 11 is 11.5. The lowest BCUT2D eigenvalue weighted by molar-refractivity contribution is 0.155. The standard InChI is InChI=1S/C9H5Cl2N5O/c10-7-8(11)13-9(12-7)4-1-2-6-5(3-4)14-15-16(6)17/h1-3,17H,(H,12,13). The van der Waals surface area contributed by atoms with E-state index >= 15 is 0 Å². The van der Waals surface area contributed by atoms with Crippen LogP contribution in [0.25, 0.3) is 22.4 Å². The molecule has 0 saturated carbocycles. The van der Waals surface area contributed by atoms with Crippen molar-refractivity contribution in [2.45, 2.75) is 0 Å². The first-order chi connectivity index (χ1) is 8.15. The predicted molar refractivity (Wildman–Crippen MR) is 62.3 cm³/mol. The molecular formula is C9H5Cl2N5O. The van der Waals surface area contributed by atoms with Crippen molar-refractivity contribution in [3.8, 4) is 11.4 Å². The van der Waals surface area contributed by atoms with Gasteiger partial charge in [-0.05, 0) is 23.4 Å². The van der Waals surface area contributed by atoms with E-state index in [-0.39, 0.29) is 10.3 Å². The van der Waals surface area contributed by atoms with Gasteiger partial charge in [0.15, 0.2) is 5.15 Å². The fraction of sp³-hybridized carbons (Fsp3) is 0. The number of H-pyrrole nitrogens is 1. The molecule has 0 fully saturated rings. The minimum atomic E-state index is 0.215. The van der Waals surface area contributed by atoms with Gasteiger partial charge in [-0.1, -0.05) is 28.0 Å². The van der Waals surface area contributed by atoms with Crippen molar-refractivity contribution >= 4 is 34.2 Å². The van der Waals surface area contributed by atoms with Crippen molar-refractivity contribution in [1.29, 1.82) is 0 Å². The lowest BCUT2D eigenvalue weighted by Gasteiger charge is -1.96. The van der Waals surface area contributed by atoms with E-state index in [2.05, 4.69) is 20.3 Å². The number of aromatic amines is 1. The van der Waals surface area contributed by atoms with Crippen molar-refractivity contribution in [3.63, 3.8) is 0 Å². The molecule has 3 aromatic rings. The van der Waals surface area contributed by atoms with Gasteiger partial charge in [-0.15, -0.1) is 5.10 Å². The van der Waals surface area contributed by atoms with E-state index in [1.165, 1.54) is 0 Å². The summed E-state index contributed by atoms with van der Waals surface area (Å²) in [6.07, 6.45) is 0. The molecule has 0 aliphatic heterocycles. The summed E-state index contributed by atoms with van der Waals surface area (Å²) in [6.45, 7) is 0. The first-order valence-electron chi connectivity index (χ1n) is 4.61. The molecule has 1 aromatic carbocycles. The van der Waals surface area contributed by atoms with Crippen LogP contribution in [-0.4, -0.2) is 30.3 Å². The Bertz CT molecular complexity index is 685. The van der Waals surface area contributed by atoms with Crippen LogP contribution in [0.4, 0.5) is 0 Å². The van der Waals surface area contributed by atoms with E-state index in [0.29, 0.717) is 21.7 Å². The molecule has 0 amide bonds. The second-order valence-electron chi connectivity index (χ2n) is 3.37. The molecule has 0 aliphatic rings. The Hall–Kier alpha value is -1.79. The SMILES string of the molecule is On1nnc2cc(-c3nc(Cl)c(Cl)[nH]3)ccc21. The van der Waals surface area contributed by atoms with Gasteiger partial charge in [-0.2, -0.15) is 0 Å². The molecular weight excluding hydrogens is 265 g/mol. The van der Waals surface area contributed by atoms with E-state index in [4.69, 9.17) is 23.2 Å². The number of aromatic nitrogens is 5. The zero-order valence-corrected chi connectivity index (χ0v) is 9.74. The first-order valence-corrected chi connectivity index (χ1v) is 5.37. The fourth-order valence-electron chi connectivity index (χ4n) is 1.53. The Morgan fingerprint density at radius 2 is 2.12 bits per heavy atom. The Kier molecular flexibility index (Phi) is 2.20. The molecule has 8 heteroatoms. The third kappa shape index (κ3) is 1.62. The largest absolute Gasteiger partial charge is 0.410 e. The molecule has 2 heterocycles. The molecule has 2 aromatic heterocycles. The molecule has 0 aliphatic carbocycles. The molecule has 0 radical (unpaired) electrons. The van der Waals surface area contributed by atoms with Crippen LogP contribution >= 0.6 is 23.2 Å². The second-order valence-corrected chi connectivity index (χ2v) is 4.11. The van der Waals surface area contributed by atoms with Gasteiger partial charge in [0.1, 0.15) is 22.0 Å². The normalized spacial score (nSPS) is 11.2. The highest BCUT2D eigenvalue weighted by atomic mass is 35.5. The Balaban J connectivity index is 2.17. The quantitative estimate of drug-likeness (QED) is 0.665. The second kappa shape index (κ2) is 3.61. The third-order valence-electron chi connectivity index (χ3n) is 2.32. The monoisotopic (exact) mass is 269 g/mol. The lowest BCUT2D eigenvalue weighted by Crippen LogP contribution is -1.91. The van der Waals surface area contributed by atoms with Gasteiger partial charge >= 0.3 is 0 Å². The van der Waals surface area contributed by atoms with Gasteiger partial charge in [0.25, 0.3) is 0 Å². The van der Waals surface area contributed by atoms with E-state index in [0.717, 1.165) is 5.56 Å². The third-order valence-corrected chi connectivity index (χ3v) is 2.96. The molecule has 0 atom stereocenters. The predicted octanol–water partition coefficient (Wildman–Crippen LogP) is 2.37. The molecule has 0 spiro atoms. The maximum absolute atomic E-state index is 9.30. The van der Waals surface area contributed by atoms with Crippen LogP contribution in [-0.2, 0) is 0 Å². The number of fused-ring (bicyclic) bond motifs is 1. The molecule has 0 bridgehead atoms. The van der Waals surface area contributed by atoms with Gasteiger partial charge < -0.3 is 10.2 Å². The molecule has 3 rings (SSSR count). The summed E-state index contributed by atoms with van der Waals surface area (Å²) in [6, 6.07) is 5.15. The van der Waals surface area contributed by atoms with Crippen LogP contribution in [0.1, 0.15) is 0 Å². The zero-order chi connectivity index (χ0) is 12.0. The Labute approximate surface area is 105 Å². The summed E-state index contributed by atoms with van der Waals surface area (Å²) < 4.78 is 0. The minimum absolute atomic E-state index is 0.215. The van der Waals surface area contributed by atoms with E-state index in [9.17, 15) is 5.21 Å². The van der Waals surface area contributed by atoms with Crippen LogP contribution in [0.5, 0.6) is 0 Å². The fourth-order valence-corrected chi connectivity index (χ4v) is 1.79. The van der Waals surface area contributed by atoms with Crippen molar-refractivity contribution < 1.29 is 5.21 Å². The summed E-state index contributed by atoms with van der Waals surface area (Å²) in [5.74, 6) is 0.536. The summed E-state index contributed by atoms with van der Waals surface area (Å²) in [4.78, 5) is 7.60. The summed E-state index contributed by atoms with van der Waals surface area (Å²) in [5.41, 5.74) is 1.82. The van der Waals surface area contributed by atoms with Crippen LogP contribution in [0.15, 0.2) is 18.2 Å². The topological polar surface area (TPSA) is 79.6 Å². The van der Waals surface area contributed by atoms with Gasteiger partial charge in [-0.25, -0.2) is 4.98 Å². The van der Waals surface area contributed by atoms with Crippen LogP contribution in [0.3, 0.4) is 0 Å². The molecule has 17 heavy (non-hydrogen) atoms. The highest BCUT2D eigenvalue weighted by Gasteiger charge is 2.10. The van der Waals surface area contributed by atoms with Gasteiger partial charge in [0, 0.05) is 5.56 Å². The van der Waals surface area contributed by atoms with Crippen molar-refractivity contribution in [3.05, 3.63) is 28.5 Å². The van der Waals surface area contributed by atoms with E-state index in [1.54, 1.807) is 18.2 Å². The Morgan fingerprint density at radius 1 is 1.29 bits per heavy atom. The molecule has 6 nitrogen and oxygen atoms in total. The van der Waals surface area contributed by atoms with Crippen LogP contribution < -0.4 is 0 Å². The first kappa shape index (κ1) is 10.4. The highest BCUT2D eigenvalue weighted by molar-refractivity contribution is 6.40. The average Bonchev–Trinajstić information content (AvgIpc) is 2.84. The van der Waals surface area contributed by atoms with Gasteiger partial charge in [0.2, 0.25) is 0 Å². The molecule has 2 N–H and O–H groups in total. The van der Waals surface area contributed by atoms with Gasteiger partial charge in [0.05, 0.1) is 0 Å². The van der Waals surface area contributed by atoms with Crippen molar-refractivity contribution in [1.82, 2.24) is 25.1 Å². The van der Waals surface area contributed by atoms with E-state index < -0.39 is 0 Å². The number of hydrogen-bond donors (Lipinski definition) is 2. The van der Waals surface area contributed by atoms with Crippen LogP contribution in [0, 0.1) is 0 Å². The molecule has 0 saturated heterocycles. The maximum atomic E-state index is 9.30. The Morgan fingerprint density at radius 3 is 2.82 bits per heavy atom. The number of hydrogen-bond acceptors (Lipinski definition) is 4. The highest BCUT2D eigenvalue weighted by Crippen LogP contribution is 2.26. The number of benzene rings is 1. The minimum Gasteiger partial charge on any atom is -0.410 e. The smallest absolute Gasteiger partial charge is 0.166 e. The van der Waals surface area contributed by atoms with E-state index in [1.807, 2.05) is 0 Å². The van der Waals surface area contributed by atoms with Crippen molar-refractivity contribution in [2.24, 2.45) is 0 Å². The van der Waals surface area contributed by atoms with Gasteiger partial charge in [-0.3, -0.25) is 0 Å². The maximum Gasteiger partial charge on any atom is 0.166 e. The average molecular weight is 270 g/mol. The lowest BCUT2D eigenvalue weighted by atomic mass is 10.2. The van der Waals surface area contributed by atoms with Crippen LogP contribution in [0.2, 0.25) is 10.3 Å². The number of nitrogens with zero attached hydrogens (tertiary/aromatic N) is 4. The number of imidazole rings is 1. The summed E-state index contributed by atoms with van der Waals surface area (Å²) in [5, 5.41) is 17.1. The number of rotatable bonds is 1. The number of nitrogens with one attached hydrogen (secondary N) is 1. The zero-order valence-electron chi connectivity index (χ0n) is 8.22. The van der Waals surface area contributed by atoms with Crippen molar-refractivity contribution in [2.75, 3.05) is 0 Å². The molecule has 86 valence electrons.